The van der Waals surface area contributed by atoms with E-state index in [1.807, 2.05) is 6.92 Å². The van der Waals surface area contributed by atoms with Crippen molar-refractivity contribution < 1.29 is 14.7 Å². The molecule has 0 spiro atoms. The normalized spacial score (nSPS) is 25.9. The molecular formula is C11H20N2O3. The molecule has 1 heterocycles. The average molecular weight is 228 g/mol. The minimum atomic E-state index is -0.824. The Hall–Kier alpha value is -1.10. The maximum atomic E-state index is 11.8. The number of carboxylic acid groups (broad SMARTS) is 1. The second-order valence-corrected chi connectivity index (χ2v) is 5.39. The number of nitrogens with two attached hydrogens (primary N) is 1. The highest BCUT2D eigenvalue weighted by molar-refractivity contribution is 5.79. The van der Waals surface area contributed by atoms with Gasteiger partial charge in [0.15, 0.2) is 0 Å². The van der Waals surface area contributed by atoms with Gasteiger partial charge in [-0.05, 0) is 19.8 Å². The maximum absolute atomic E-state index is 11.8. The molecule has 1 amide bonds. The van der Waals surface area contributed by atoms with E-state index in [9.17, 15) is 9.59 Å². The summed E-state index contributed by atoms with van der Waals surface area (Å²) < 4.78 is 0. The number of aliphatic carboxylic acids is 1. The minimum absolute atomic E-state index is 0.0161. The summed E-state index contributed by atoms with van der Waals surface area (Å²) >= 11 is 0. The molecule has 0 aromatic rings. The predicted molar refractivity (Wildman–Crippen MR) is 59.8 cm³/mol. The molecule has 0 saturated carbocycles. The van der Waals surface area contributed by atoms with E-state index in [1.54, 1.807) is 18.7 Å². The van der Waals surface area contributed by atoms with Gasteiger partial charge in [0.1, 0.15) is 0 Å². The molecule has 0 unspecified atom stereocenters. The molecule has 0 radical (unpaired) electrons. The summed E-state index contributed by atoms with van der Waals surface area (Å²) in [5.41, 5.74) is 5.23. The first-order chi connectivity index (χ1) is 7.20. The van der Waals surface area contributed by atoms with Crippen LogP contribution in [-0.4, -0.2) is 40.5 Å². The summed E-state index contributed by atoms with van der Waals surface area (Å²) in [7, 11) is 0. The number of rotatable bonds is 3. The lowest BCUT2D eigenvalue weighted by molar-refractivity contribution is -0.142. The van der Waals surface area contributed by atoms with Crippen molar-refractivity contribution in [2.24, 2.45) is 17.6 Å². The topological polar surface area (TPSA) is 83.6 Å². The molecular weight excluding hydrogens is 208 g/mol. The Kier molecular flexibility index (Phi) is 3.57. The molecule has 1 saturated heterocycles. The molecule has 1 fully saturated rings. The van der Waals surface area contributed by atoms with Crippen LogP contribution in [-0.2, 0) is 9.59 Å². The van der Waals surface area contributed by atoms with Crippen LogP contribution in [0, 0.1) is 11.8 Å². The Balaban J connectivity index is 2.58. The average Bonchev–Trinajstić information content (AvgIpc) is 2.44. The number of amides is 1. The largest absolute Gasteiger partial charge is 0.481 e. The van der Waals surface area contributed by atoms with Gasteiger partial charge in [-0.2, -0.15) is 0 Å². The lowest BCUT2D eigenvalue weighted by Crippen LogP contribution is -2.40. The van der Waals surface area contributed by atoms with Crippen LogP contribution in [0.2, 0.25) is 0 Å². The molecule has 5 nitrogen and oxygen atoms in total. The number of hydrogen-bond donors (Lipinski definition) is 2. The quantitative estimate of drug-likeness (QED) is 0.727. The summed E-state index contributed by atoms with van der Waals surface area (Å²) in [5.74, 6) is -1.30. The Morgan fingerprint density at radius 3 is 2.38 bits per heavy atom. The van der Waals surface area contributed by atoms with Crippen LogP contribution >= 0.6 is 0 Å². The molecule has 16 heavy (non-hydrogen) atoms. The van der Waals surface area contributed by atoms with Gasteiger partial charge in [0.25, 0.3) is 0 Å². The van der Waals surface area contributed by atoms with Crippen LogP contribution in [0.3, 0.4) is 0 Å². The van der Waals surface area contributed by atoms with E-state index in [4.69, 9.17) is 10.8 Å². The van der Waals surface area contributed by atoms with Crippen molar-refractivity contribution in [2.45, 2.75) is 32.7 Å². The standard InChI is InChI=1S/C11H20N2O3/c1-7-5-13(6-8(7)10(15)16)9(14)4-11(2,3)12/h7-8H,4-6,12H2,1-3H3,(H,15,16)/t7-,8-/m1/s1. The van der Waals surface area contributed by atoms with Crippen molar-refractivity contribution >= 4 is 11.9 Å². The molecule has 2 atom stereocenters. The molecule has 1 aliphatic heterocycles. The molecule has 0 aromatic carbocycles. The number of likely N-dealkylation sites (tertiary alicyclic amines) is 1. The molecule has 0 aliphatic carbocycles. The Labute approximate surface area is 95.6 Å². The molecule has 0 aromatic heterocycles. The highest BCUT2D eigenvalue weighted by Gasteiger charge is 2.37. The van der Waals surface area contributed by atoms with Gasteiger partial charge in [-0.1, -0.05) is 6.92 Å². The Morgan fingerprint density at radius 1 is 1.44 bits per heavy atom. The highest BCUT2D eigenvalue weighted by Crippen LogP contribution is 2.24. The van der Waals surface area contributed by atoms with Crippen molar-refractivity contribution in [2.75, 3.05) is 13.1 Å². The number of carboxylic acids is 1. The van der Waals surface area contributed by atoms with Crippen LogP contribution in [0.5, 0.6) is 0 Å². The van der Waals surface area contributed by atoms with Crippen molar-refractivity contribution in [3.05, 3.63) is 0 Å². The first kappa shape index (κ1) is 13.0. The smallest absolute Gasteiger partial charge is 0.308 e. The van der Waals surface area contributed by atoms with Crippen molar-refractivity contribution in [3.63, 3.8) is 0 Å². The molecule has 0 bridgehead atoms. The molecule has 92 valence electrons. The van der Waals surface area contributed by atoms with Crippen LogP contribution in [0.25, 0.3) is 0 Å². The zero-order chi connectivity index (χ0) is 12.5. The Bertz CT molecular complexity index is 296. The van der Waals surface area contributed by atoms with E-state index >= 15 is 0 Å². The summed E-state index contributed by atoms with van der Waals surface area (Å²) in [6, 6.07) is 0. The lowest BCUT2D eigenvalue weighted by atomic mass is 9.99. The fraction of sp³-hybridized carbons (Fsp3) is 0.818. The highest BCUT2D eigenvalue weighted by atomic mass is 16.4. The van der Waals surface area contributed by atoms with Gasteiger partial charge in [0.05, 0.1) is 5.92 Å². The third-order valence-electron chi connectivity index (χ3n) is 2.89. The van der Waals surface area contributed by atoms with Gasteiger partial charge < -0.3 is 15.7 Å². The van der Waals surface area contributed by atoms with Gasteiger partial charge in [-0.15, -0.1) is 0 Å². The fourth-order valence-corrected chi connectivity index (χ4v) is 1.99. The van der Waals surface area contributed by atoms with Crippen LogP contribution < -0.4 is 5.73 Å². The summed E-state index contributed by atoms with van der Waals surface area (Å²) in [5, 5.41) is 8.95. The molecule has 1 aliphatic rings. The number of nitrogens with zero attached hydrogens (tertiary/aromatic N) is 1. The lowest BCUT2D eigenvalue weighted by Gasteiger charge is -2.22. The maximum Gasteiger partial charge on any atom is 0.308 e. The van der Waals surface area contributed by atoms with Gasteiger partial charge in [0, 0.05) is 25.0 Å². The first-order valence-electron chi connectivity index (χ1n) is 5.50. The monoisotopic (exact) mass is 228 g/mol. The van der Waals surface area contributed by atoms with Crippen molar-refractivity contribution in [1.29, 1.82) is 0 Å². The SMILES string of the molecule is C[C@@H]1CN(C(=O)CC(C)(C)N)C[C@H]1C(=O)O. The summed E-state index contributed by atoms with van der Waals surface area (Å²) in [6.45, 7) is 6.27. The van der Waals surface area contributed by atoms with Crippen molar-refractivity contribution in [3.8, 4) is 0 Å². The van der Waals surface area contributed by atoms with Crippen molar-refractivity contribution in [1.82, 2.24) is 4.90 Å². The zero-order valence-corrected chi connectivity index (χ0v) is 10.1. The Morgan fingerprint density at radius 2 is 2.00 bits per heavy atom. The number of carbonyl (C=O) groups excluding carboxylic acids is 1. The van der Waals surface area contributed by atoms with E-state index in [-0.39, 0.29) is 18.2 Å². The van der Waals surface area contributed by atoms with Crippen LogP contribution in [0.15, 0.2) is 0 Å². The minimum Gasteiger partial charge on any atom is -0.481 e. The fourth-order valence-electron chi connectivity index (χ4n) is 1.99. The van der Waals surface area contributed by atoms with E-state index < -0.39 is 17.4 Å². The first-order valence-corrected chi connectivity index (χ1v) is 5.50. The van der Waals surface area contributed by atoms with E-state index in [0.29, 0.717) is 13.1 Å². The third-order valence-corrected chi connectivity index (χ3v) is 2.89. The van der Waals surface area contributed by atoms with Gasteiger partial charge in [0.2, 0.25) is 5.91 Å². The van der Waals surface area contributed by atoms with E-state index in [1.165, 1.54) is 0 Å². The van der Waals surface area contributed by atoms with Gasteiger partial charge in [-0.25, -0.2) is 0 Å². The van der Waals surface area contributed by atoms with Gasteiger partial charge >= 0.3 is 5.97 Å². The van der Waals surface area contributed by atoms with Crippen LogP contribution in [0.4, 0.5) is 0 Å². The third kappa shape index (κ3) is 3.20. The molecule has 1 rings (SSSR count). The van der Waals surface area contributed by atoms with E-state index in [0.717, 1.165) is 0 Å². The molecule has 3 N–H and O–H groups in total. The zero-order valence-electron chi connectivity index (χ0n) is 10.1. The van der Waals surface area contributed by atoms with Gasteiger partial charge in [-0.3, -0.25) is 9.59 Å². The second-order valence-electron chi connectivity index (χ2n) is 5.39. The van der Waals surface area contributed by atoms with Crippen LogP contribution in [0.1, 0.15) is 27.2 Å². The second kappa shape index (κ2) is 4.41. The van der Waals surface area contributed by atoms with E-state index in [2.05, 4.69) is 0 Å². The predicted octanol–water partition coefficient (Wildman–Crippen LogP) is 0.293. The number of carbonyl (C=O) groups is 2. The summed E-state index contributed by atoms with van der Waals surface area (Å²) in [4.78, 5) is 24.3. The number of hydrogen-bond acceptors (Lipinski definition) is 3. The summed E-state index contributed by atoms with van der Waals surface area (Å²) in [6.07, 6.45) is 0.256. The molecule has 5 heteroatoms.